The van der Waals surface area contributed by atoms with Crippen LogP contribution in [0.2, 0.25) is 0 Å². The van der Waals surface area contributed by atoms with Gasteiger partial charge >= 0.3 is 0 Å². The Labute approximate surface area is 116 Å². The predicted octanol–water partition coefficient (Wildman–Crippen LogP) is 2.14. The number of aliphatic hydroxyl groups is 1. The summed E-state index contributed by atoms with van der Waals surface area (Å²) in [6.07, 6.45) is 1.12. The van der Waals surface area contributed by atoms with Gasteiger partial charge in [-0.3, -0.25) is 0 Å². The standard InChI is InChI=1S/C16H26N2O/c1-16(2,3)14-7-4-5-8-15(14)18-10-6-9-17-13(11-18)12-19/h4-5,7-8,13,17,19H,6,9-12H2,1-3H3. The van der Waals surface area contributed by atoms with Crippen molar-refractivity contribution >= 4 is 5.69 Å². The number of aliphatic hydroxyl groups excluding tert-OH is 1. The highest BCUT2D eigenvalue weighted by Gasteiger charge is 2.23. The van der Waals surface area contributed by atoms with Crippen LogP contribution in [0.4, 0.5) is 5.69 Å². The van der Waals surface area contributed by atoms with Gasteiger partial charge in [-0.2, -0.15) is 0 Å². The van der Waals surface area contributed by atoms with Gasteiger partial charge in [0.05, 0.1) is 6.61 Å². The molecule has 0 bridgehead atoms. The average molecular weight is 262 g/mol. The topological polar surface area (TPSA) is 35.5 Å². The molecular formula is C16H26N2O. The molecule has 1 aromatic rings. The highest BCUT2D eigenvalue weighted by Crippen LogP contribution is 2.32. The SMILES string of the molecule is CC(C)(C)c1ccccc1N1CCCNC(CO)C1. The van der Waals surface area contributed by atoms with Gasteiger partial charge in [0.1, 0.15) is 0 Å². The fraction of sp³-hybridized carbons (Fsp3) is 0.625. The number of hydrogen-bond acceptors (Lipinski definition) is 3. The molecule has 106 valence electrons. The summed E-state index contributed by atoms with van der Waals surface area (Å²) in [6, 6.07) is 8.83. The molecule has 19 heavy (non-hydrogen) atoms. The Morgan fingerprint density at radius 1 is 1.32 bits per heavy atom. The van der Waals surface area contributed by atoms with Gasteiger partial charge in [0.25, 0.3) is 0 Å². The minimum atomic E-state index is 0.144. The molecule has 3 heteroatoms. The quantitative estimate of drug-likeness (QED) is 0.857. The minimum Gasteiger partial charge on any atom is -0.395 e. The molecule has 1 aliphatic rings. The number of benzene rings is 1. The maximum atomic E-state index is 9.42. The van der Waals surface area contributed by atoms with Gasteiger partial charge < -0.3 is 15.3 Å². The summed E-state index contributed by atoms with van der Waals surface area (Å²) in [4.78, 5) is 2.42. The van der Waals surface area contributed by atoms with Gasteiger partial charge in [-0.05, 0) is 30.0 Å². The van der Waals surface area contributed by atoms with Crippen LogP contribution in [-0.2, 0) is 5.41 Å². The first-order valence-corrected chi connectivity index (χ1v) is 7.21. The van der Waals surface area contributed by atoms with Crippen LogP contribution < -0.4 is 10.2 Å². The summed E-state index contributed by atoms with van der Waals surface area (Å²) in [5.41, 5.74) is 2.84. The second-order valence-corrected chi connectivity index (χ2v) is 6.40. The lowest BCUT2D eigenvalue weighted by molar-refractivity contribution is 0.248. The van der Waals surface area contributed by atoms with Crippen molar-refractivity contribution in [2.45, 2.75) is 38.6 Å². The summed E-state index contributed by atoms with van der Waals surface area (Å²) in [5.74, 6) is 0. The number of anilines is 1. The fourth-order valence-corrected chi connectivity index (χ4v) is 2.72. The number of nitrogens with zero attached hydrogens (tertiary/aromatic N) is 1. The molecule has 1 unspecified atom stereocenters. The lowest BCUT2D eigenvalue weighted by atomic mass is 9.85. The van der Waals surface area contributed by atoms with Gasteiger partial charge in [-0.1, -0.05) is 39.0 Å². The van der Waals surface area contributed by atoms with E-state index in [2.05, 4.69) is 55.3 Å². The summed E-state index contributed by atoms with van der Waals surface area (Å²) in [6.45, 7) is 9.88. The zero-order valence-electron chi connectivity index (χ0n) is 12.3. The van der Waals surface area contributed by atoms with Crippen molar-refractivity contribution in [3.63, 3.8) is 0 Å². The van der Waals surface area contributed by atoms with Crippen LogP contribution in [-0.4, -0.2) is 37.4 Å². The number of rotatable bonds is 2. The van der Waals surface area contributed by atoms with E-state index >= 15 is 0 Å². The first kappa shape index (κ1) is 14.4. The lowest BCUT2D eigenvalue weighted by Crippen LogP contribution is -2.40. The highest BCUT2D eigenvalue weighted by atomic mass is 16.3. The molecule has 2 rings (SSSR count). The molecule has 0 aromatic heterocycles. The predicted molar refractivity (Wildman–Crippen MR) is 80.8 cm³/mol. The van der Waals surface area contributed by atoms with E-state index in [-0.39, 0.29) is 18.1 Å². The molecule has 1 heterocycles. The van der Waals surface area contributed by atoms with Crippen LogP contribution in [0.1, 0.15) is 32.8 Å². The third-order valence-corrected chi connectivity index (χ3v) is 3.75. The Kier molecular flexibility index (Phi) is 4.48. The molecule has 2 N–H and O–H groups in total. The first-order chi connectivity index (χ1) is 9.02. The van der Waals surface area contributed by atoms with E-state index < -0.39 is 0 Å². The Hall–Kier alpha value is -1.06. The zero-order valence-corrected chi connectivity index (χ0v) is 12.3. The summed E-state index contributed by atoms with van der Waals surface area (Å²) < 4.78 is 0. The molecule has 0 radical (unpaired) electrons. The fourth-order valence-electron chi connectivity index (χ4n) is 2.72. The zero-order chi connectivity index (χ0) is 13.9. The smallest absolute Gasteiger partial charge is 0.0601 e. The van der Waals surface area contributed by atoms with Crippen molar-refractivity contribution in [3.05, 3.63) is 29.8 Å². The molecule has 0 aliphatic carbocycles. The van der Waals surface area contributed by atoms with Gasteiger partial charge in [0, 0.05) is 24.8 Å². The maximum absolute atomic E-state index is 9.42. The van der Waals surface area contributed by atoms with Gasteiger partial charge in [-0.15, -0.1) is 0 Å². The van der Waals surface area contributed by atoms with Crippen molar-refractivity contribution in [2.24, 2.45) is 0 Å². The van der Waals surface area contributed by atoms with E-state index in [1.54, 1.807) is 0 Å². The normalized spacial score (nSPS) is 21.3. The average Bonchev–Trinajstić information content (AvgIpc) is 2.63. The minimum absolute atomic E-state index is 0.144. The van der Waals surface area contributed by atoms with Crippen molar-refractivity contribution in [1.29, 1.82) is 0 Å². The van der Waals surface area contributed by atoms with E-state index in [0.29, 0.717) is 0 Å². The third-order valence-electron chi connectivity index (χ3n) is 3.75. The van der Waals surface area contributed by atoms with Gasteiger partial charge in [-0.25, -0.2) is 0 Å². The molecule has 1 aromatic carbocycles. The van der Waals surface area contributed by atoms with Crippen molar-refractivity contribution < 1.29 is 5.11 Å². The third kappa shape index (κ3) is 3.48. The highest BCUT2D eigenvalue weighted by molar-refractivity contribution is 5.56. The molecule has 0 saturated carbocycles. The first-order valence-electron chi connectivity index (χ1n) is 7.21. The molecular weight excluding hydrogens is 236 g/mol. The van der Waals surface area contributed by atoms with Crippen molar-refractivity contribution in [2.75, 3.05) is 31.1 Å². The lowest BCUT2D eigenvalue weighted by Gasteiger charge is -2.32. The van der Waals surface area contributed by atoms with E-state index in [4.69, 9.17) is 0 Å². The largest absolute Gasteiger partial charge is 0.395 e. The van der Waals surface area contributed by atoms with Gasteiger partial charge in [0.2, 0.25) is 0 Å². The number of nitrogens with one attached hydrogen (secondary N) is 1. The summed E-state index contributed by atoms with van der Waals surface area (Å²) >= 11 is 0. The molecule has 0 spiro atoms. The van der Waals surface area contributed by atoms with Crippen molar-refractivity contribution in [3.8, 4) is 0 Å². The van der Waals surface area contributed by atoms with E-state index in [1.807, 2.05) is 0 Å². The van der Waals surface area contributed by atoms with Crippen LogP contribution >= 0.6 is 0 Å². The number of para-hydroxylation sites is 1. The summed E-state index contributed by atoms with van der Waals surface area (Å²) in [7, 11) is 0. The van der Waals surface area contributed by atoms with Crippen LogP contribution in [0, 0.1) is 0 Å². The second-order valence-electron chi connectivity index (χ2n) is 6.40. The summed E-state index contributed by atoms with van der Waals surface area (Å²) in [5, 5.41) is 12.8. The Balaban J connectivity index is 2.29. The van der Waals surface area contributed by atoms with E-state index in [1.165, 1.54) is 11.3 Å². The van der Waals surface area contributed by atoms with Crippen LogP contribution in [0.25, 0.3) is 0 Å². The molecule has 1 saturated heterocycles. The van der Waals surface area contributed by atoms with Crippen LogP contribution in [0.3, 0.4) is 0 Å². The van der Waals surface area contributed by atoms with Crippen molar-refractivity contribution in [1.82, 2.24) is 5.32 Å². The Bertz CT molecular complexity index is 411. The molecule has 1 atom stereocenters. The van der Waals surface area contributed by atoms with Gasteiger partial charge in [0.15, 0.2) is 0 Å². The monoisotopic (exact) mass is 262 g/mol. The molecule has 0 amide bonds. The molecule has 1 aliphatic heterocycles. The molecule has 1 fully saturated rings. The van der Waals surface area contributed by atoms with E-state index in [9.17, 15) is 5.11 Å². The Morgan fingerprint density at radius 3 is 2.74 bits per heavy atom. The second kappa shape index (κ2) is 5.93. The molecule has 3 nitrogen and oxygen atoms in total. The number of hydrogen-bond donors (Lipinski definition) is 2. The van der Waals surface area contributed by atoms with Crippen LogP contribution in [0.15, 0.2) is 24.3 Å². The van der Waals surface area contributed by atoms with E-state index in [0.717, 1.165) is 26.1 Å². The maximum Gasteiger partial charge on any atom is 0.0601 e. The Morgan fingerprint density at radius 2 is 2.05 bits per heavy atom. The van der Waals surface area contributed by atoms with Crippen LogP contribution in [0.5, 0.6) is 0 Å².